The normalized spacial score (nSPS) is 20.4. The van der Waals surface area contributed by atoms with Crippen LogP contribution in [-0.4, -0.2) is 89.0 Å². The van der Waals surface area contributed by atoms with Crippen molar-refractivity contribution in [3.63, 3.8) is 0 Å². The number of carbonyl (C=O) groups excluding carboxylic acids is 2. The van der Waals surface area contributed by atoms with E-state index in [0.29, 0.717) is 12.8 Å². The van der Waals surface area contributed by atoms with Gasteiger partial charge in [0.1, 0.15) is 31.0 Å². The molecule has 0 amide bonds. The summed E-state index contributed by atoms with van der Waals surface area (Å²) in [4.78, 5) is 25.4. The predicted octanol–water partition coefficient (Wildman–Crippen LogP) is 10.8. The van der Waals surface area contributed by atoms with Crippen LogP contribution in [-0.2, 0) is 28.5 Å². The fourth-order valence-corrected chi connectivity index (χ4v) is 6.80. The largest absolute Gasteiger partial charge is 0.462 e. The van der Waals surface area contributed by atoms with Gasteiger partial charge in [-0.1, -0.05) is 157 Å². The van der Waals surface area contributed by atoms with Crippen molar-refractivity contribution >= 4 is 11.9 Å². The van der Waals surface area contributed by atoms with Gasteiger partial charge in [-0.2, -0.15) is 0 Å². The Balaban J connectivity index is 2.31. The Hall–Kier alpha value is -2.86. The molecule has 0 aromatic carbocycles. The van der Waals surface area contributed by atoms with Crippen LogP contribution in [0.3, 0.4) is 0 Å². The molecule has 0 aromatic rings. The van der Waals surface area contributed by atoms with Crippen LogP contribution in [0.1, 0.15) is 181 Å². The second-order valence-corrected chi connectivity index (χ2v) is 16.2. The van der Waals surface area contributed by atoms with Crippen LogP contribution >= 0.6 is 0 Å². The van der Waals surface area contributed by atoms with Crippen LogP contribution in [0.5, 0.6) is 0 Å². The van der Waals surface area contributed by atoms with E-state index < -0.39 is 55.4 Å². The molecule has 10 nitrogen and oxygen atoms in total. The van der Waals surface area contributed by atoms with Gasteiger partial charge < -0.3 is 39.4 Å². The lowest BCUT2D eigenvalue weighted by molar-refractivity contribution is -0.305. The second kappa shape index (κ2) is 41.2. The number of aliphatic hydroxyl groups is 4. The first-order valence-electron chi connectivity index (χ1n) is 24.0. The van der Waals surface area contributed by atoms with Crippen molar-refractivity contribution in [2.45, 2.75) is 218 Å². The number of allylic oxidation sites excluding steroid dienone is 12. The molecule has 1 rings (SSSR count). The molecule has 1 saturated heterocycles. The van der Waals surface area contributed by atoms with E-state index in [1.165, 1.54) is 70.6 Å². The monoisotopic (exact) mass is 859 g/mol. The van der Waals surface area contributed by atoms with E-state index in [4.69, 9.17) is 18.9 Å². The molecular formula is C51H86O10. The molecule has 0 radical (unpaired) electrons. The van der Waals surface area contributed by atoms with Crippen LogP contribution in [0, 0.1) is 0 Å². The third-order valence-electron chi connectivity index (χ3n) is 10.6. The van der Waals surface area contributed by atoms with E-state index in [9.17, 15) is 30.0 Å². The third kappa shape index (κ3) is 32.5. The molecule has 350 valence electrons. The van der Waals surface area contributed by atoms with Gasteiger partial charge in [-0.25, -0.2) is 0 Å². The van der Waals surface area contributed by atoms with Crippen molar-refractivity contribution in [3.8, 4) is 0 Å². The summed E-state index contributed by atoms with van der Waals surface area (Å²) in [6, 6.07) is 0. The summed E-state index contributed by atoms with van der Waals surface area (Å²) in [7, 11) is 0. The van der Waals surface area contributed by atoms with E-state index in [2.05, 4.69) is 86.8 Å². The number of hydrogen-bond donors (Lipinski definition) is 4. The Morgan fingerprint density at radius 3 is 1.49 bits per heavy atom. The SMILES string of the molecule is CC/C=C\C/C=C\C/C=C\C/C=C\CCCCC(=O)OC(COC(=O)CCCCCCCCCCC/C=C\C/C=C\CCCCCCC)COC1OC(CO)C(O)C(O)C1O. The molecule has 1 heterocycles. The quantitative estimate of drug-likeness (QED) is 0.0267. The molecule has 4 N–H and O–H groups in total. The van der Waals surface area contributed by atoms with Gasteiger partial charge in [-0.15, -0.1) is 0 Å². The number of unbranched alkanes of at least 4 members (excludes halogenated alkanes) is 16. The lowest BCUT2D eigenvalue weighted by Gasteiger charge is -2.39. The molecular weight excluding hydrogens is 773 g/mol. The molecule has 1 aliphatic heterocycles. The van der Waals surface area contributed by atoms with Crippen LogP contribution < -0.4 is 0 Å². The van der Waals surface area contributed by atoms with Gasteiger partial charge in [0.2, 0.25) is 0 Å². The van der Waals surface area contributed by atoms with Gasteiger partial charge in [0.25, 0.3) is 0 Å². The molecule has 6 unspecified atom stereocenters. The van der Waals surface area contributed by atoms with Gasteiger partial charge in [0.05, 0.1) is 13.2 Å². The number of rotatable bonds is 39. The highest BCUT2D eigenvalue weighted by Crippen LogP contribution is 2.22. The summed E-state index contributed by atoms with van der Waals surface area (Å²) >= 11 is 0. The highest BCUT2D eigenvalue weighted by molar-refractivity contribution is 5.70. The van der Waals surface area contributed by atoms with E-state index in [0.717, 1.165) is 70.6 Å². The molecule has 10 heteroatoms. The van der Waals surface area contributed by atoms with Crippen molar-refractivity contribution in [3.05, 3.63) is 72.9 Å². The summed E-state index contributed by atoms with van der Waals surface area (Å²) < 4.78 is 22.1. The molecule has 0 saturated carbocycles. The van der Waals surface area contributed by atoms with Crippen molar-refractivity contribution in [1.29, 1.82) is 0 Å². The summed E-state index contributed by atoms with van der Waals surface area (Å²) in [5, 5.41) is 40.1. The average Bonchev–Trinajstić information content (AvgIpc) is 3.26. The lowest BCUT2D eigenvalue weighted by atomic mass is 9.99. The molecule has 0 aliphatic carbocycles. The lowest BCUT2D eigenvalue weighted by Crippen LogP contribution is -2.59. The minimum Gasteiger partial charge on any atom is -0.462 e. The number of ether oxygens (including phenoxy) is 4. The van der Waals surface area contributed by atoms with Crippen molar-refractivity contribution in [2.75, 3.05) is 19.8 Å². The van der Waals surface area contributed by atoms with E-state index in [1.54, 1.807) is 0 Å². The van der Waals surface area contributed by atoms with Gasteiger partial charge in [-0.05, 0) is 83.5 Å². The fourth-order valence-electron chi connectivity index (χ4n) is 6.80. The average molecular weight is 859 g/mol. The van der Waals surface area contributed by atoms with Crippen LogP contribution in [0.25, 0.3) is 0 Å². The zero-order valence-electron chi connectivity index (χ0n) is 38.1. The molecule has 0 spiro atoms. The van der Waals surface area contributed by atoms with E-state index >= 15 is 0 Å². The van der Waals surface area contributed by atoms with Gasteiger partial charge in [0, 0.05) is 12.8 Å². The fraction of sp³-hybridized carbons (Fsp3) is 0.725. The van der Waals surface area contributed by atoms with Crippen LogP contribution in [0.15, 0.2) is 72.9 Å². The Kier molecular flexibility index (Phi) is 37.9. The van der Waals surface area contributed by atoms with Crippen molar-refractivity contribution in [2.24, 2.45) is 0 Å². The van der Waals surface area contributed by atoms with Crippen molar-refractivity contribution in [1.82, 2.24) is 0 Å². The number of carbonyl (C=O) groups is 2. The van der Waals surface area contributed by atoms with Gasteiger partial charge in [-0.3, -0.25) is 9.59 Å². The third-order valence-corrected chi connectivity index (χ3v) is 10.6. The predicted molar refractivity (Wildman–Crippen MR) is 247 cm³/mol. The summed E-state index contributed by atoms with van der Waals surface area (Å²) in [5.41, 5.74) is 0. The van der Waals surface area contributed by atoms with Crippen LogP contribution in [0.4, 0.5) is 0 Å². The standard InChI is InChI=1S/C51H86O10/c1-3-5-7-9-11-13-15-17-19-20-21-22-23-24-26-27-29-31-33-35-37-39-46(53)58-42-44(43-59-51-50(57)49(56)48(55)45(41-52)61-51)60-47(54)40-38-36-34-32-30-28-25-18-16-14-12-10-8-6-4-2/h6,8,12,14-15,17-18,20-21,25,30,32,44-45,48-52,55-57H,3-5,7,9-11,13,16,19,22-24,26-29,31,33-43H2,1-2H3/b8-6-,14-12-,17-15-,21-20-,25-18-,32-30-. The maximum Gasteiger partial charge on any atom is 0.306 e. The summed E-state index contributed by atoms with van der Waals surface area (Å²) in [5.74, 6) is -0.864. The first-order valence-corrected chi connectivity index (χ1v) is 24.0. The molecule has 0 aromatic heterocycles. The van der Waals surface area contributed by atoms with Gasteiger partial charge >= 0.3 is 11.9 Å². The molecule has 6 atom stereocenters. The molecule has 0 bridgehead atoms. The van der Waals surface area contributed by atoms with E-state index in [-0.39, 0.29) is 26.1 Å². The molecule has 1 fully saturated rings. The van der Waals surface area contributed by atoms with Gasteiger partial charge in [0.15, 0.2) is 12.4 Å². The maximum atomic E-state index is 12.8. The van der Waals surface area contributed by atoms with Crippen LogP contribution in [0.2, 0.25) is 0 Å². The van der Waals surface area contributed by atoms with Crippen molar-refractivity contribution < 1.29 is 49.0 Å². The maximum absolute atomic E-state index is 12.8. The minimum atomic E-state index is -1.61. The highest BCUT2D eigenvalue weighted by atomic mass is 16.7. The first kappa shape index (κ1) is 56.2. The number of hydrogen-bond acceptors (Lipinski definition) is 10. The van der Waals surface area contributed by atoms with E-state index in [1.807, 2.05) is 0 Å². The zero-order chi connectivity index (χ0) is 44.4. The minimum absolute atomic E-state index is 0.173. The zero-order valence-corrected chi connectivity index (χ0v) is 38.1. The first-order chi connectivity index (χ1) is 29.8. The highest BCUT2D eigenvalue weighted by Gasteiger charge is 2.44. The summed E-state index contributed by atoms with van der Waals surface area (Å²) in [6.07, 6.45) is 44.8. The Bertz CT molecular complexity index is 1220. The molecule has 61 heavy (non-hydrogen) atoms. The topological polar surface area (TPSA) is 152 Å². The summed E-state index contributed by atoms with van der Waals surface area (Å²) in [6.45, 7) is 3.25. The number of esters is 2. The smallest absolute Gasteiger partial charge is 0.306 e. The Morgan fingerprint density at radius 2 is 0.967 bits per heavy atom. The second-order valence-electron chi connectivity index (χ2n) is 16.2. The Morgan fingerprint density at radius 1 is 0.525 bits per heavy atom. The number of aliphatic hydroxyl groups excluding tert-OH is 4. The Labute approximate surface area is 370 Å². The molecule has 1 aliphatic rings.